The highest BCUT2D eigenvalue weighted by molar-refractivity contribution is 6.30. The molecule has 84 valence electrons. The topological polar surface area (TPSA) is 26.0 Å². The molecule has 0 saturated carbocycles. The van der Waals surface area contributed by atoms with E-state index in [1.165, 1.54) is 0 Å². The van der Waals surface area contributed by atoms with Crippen molar-refractivity contribution in [3.8, 4) is 0 Å². The van der Waals surface area contributed by atoms with E-state index in [2.05, 4.69) is 0 Å². The van der Waals surface area contributed by atoms with Crippen LogP contribution in [0.4, 0.5) is 4.39 Å². The molecule has 2 N–H and O–H groups in total. The van der Waals surface area contributed by atoms with Crippen LogP contribution in [0.25, 0.3) is 0 Å². The lowest BCUT2D eigenvalue weighted by atomic mass is 9.86. The molecule has 0 radical (unpaired) electrons. The molecule has 0 aliphatic rings. The van der Waals surface area contributed by atoms with Gasteiger partial charge in [0.05, 0.1) is 0 Å². The minimum atomic E-state index is -1.33. The second-order valence-electron chi connectivity index (χ2n) is 4.20. The minimum Gasteiger partial charge on any atom is -0.328 e. The maximum Gasteiger partial charge on any atom is 0.129 e. The maximum absolute atomic E-state index is 14.3. The van der Waals surface area contributed by atoms with Crippen molar-refractivity contribution < 1.29 is 4.39 Å². The number of rotatable bonds is 4. The van der Waals surface area contributed by atoms with Crippen molar-refractivity contribution in [2.75, 3.05) is 6.54 Å². The molecule has 0 saturated heterocycles. The fourth-order valence-corrected chi connectivity index (χ4v) is 1.58. The normalized spacial score (nSPS) is 15.3. The fraction of sp³-hybridized carbons (Fsp3) is 0.500. The Bertz CT molecular complexity index is 310. The molecule has 0 aromatic heterocycles. The van der Waals surface area contributed by atoms with Gasteiger partial charge in [0, 0.05) is 18.0 Å². The van der Waals surface area contributed by atoms with E-state index in [0.717, 1.165) is 5.56 Å². The van der Waals surface area contributed by atoms with Crippen LogP contribution < -0.4 is 5.73 Å². The van der Waals surface area contributed by atoms with Gasteiger partial charge in [0.25, 0.3) is 0 Å². The van der Waals surface area contributed by atoms with Crippen molar-refractivity contribution in [3.63, 3.8) is 0 Å². The SMILES string of the molecule is CC(C)C(F)(CN)Cc1ccc(Cl)cc1. The van der Waals surface area contributed by atoms with E-state index < -0.39 is 5.67 Å². The molecular weight excluding hydrogens is 213 g/mol. The third kappa shape index (κ3) is 3.18. The first-order chi connectivity index (χ1) is 6.98. The van der Waals surface area contributed by atoms with Gasteiger partial charge in [0.1, 0.15) is 5.67 Å². The zero-order valence-electron chi connectivity index (χ0n) is 9.13. The number of nitrogens with two attached hydrogens (primary N) is 1. The van der Waals surface area contributed by atoms with Gasteiger partial charge in [-0.3, -0.25) is 0 Å². The molecule has 0 aliphatic heterocycles. The lowest BCUT2D eigenvalue weighted by molar-refractivity contribution is 0.110. The molecular formula is C12H17ClFN. The molecule has 3 heteroatoms. The van der Waals surface area contributed by atoms with Crippen LogP contribution in [-0.4, -0.2) is 12.2 Å². The van der Waals surface area contributed by atoms with Crippen molar-refractivity contribution in [2.24, 2.45) is 11.7 Å². The molecule has 1 aromatic rings. The molecule has 1 rings (SSSR count). The molecule has 0 aliphatic carbocycles. The lowest BCUT2D eigenvalue weighted by Gasteiger charge is -2.27. The van der Waals surface area contributed by atoms with Crippen LogP contribution >= 0.6 is 11.6 Å². The molecule has 15 heavy (non-hydrogen) atoms. The maximum atomic E-state index is 14.3. The van der Waals surface area contributed by atoms with Crippen LogP contribution in [-0.2, 0) is 6.42 Å². The molecule has 0 fully saturated rings. The van der Waals surface area contributed by atoms with Gasteiger partial charge in [0.2, 0.25) is 0 Å². The standard InChI is InChI=1S/C12H17ClFN/c1-9(2)12(14,8-15)7-10-3-5-11(13)6-4-10/h3-6,9H,7-8,15H2,1-2H3. The van der Waals surface area contributed by atoms with E-state index in [0.29, 0.717) is 11.4 Å². The molecule has 0 heterocycles. The predicted molar refractivity (Wildman–Crippen MR) is 62.9 cm³/mol. The highest BCUT2D eigenvalue weighted by Gasteiger charge is 2.32. The molecule has 1 nitrogen and oxygen atoms in total. The van der Waals surface area contributed by atoms with Gasteiger partial charge < -0.3 is 5.73 Å². The summed E-state index contributed by atoms with van der Waals surface area (Å²) < 4.78 is 14.3. The van der Waals surface area contributed by atoms with Gasteiger partial charge in [-0.05, 0) is 23.6 Å². The number of hydrogen-bond donors (Lipinski definition) is 1. The second kappa shape index (κ2) is 4.95. The van der Waals surface area contributed by atoms with Crippen LogP contribution in [0.2, 0.25) is 5.02 Å². The Morgan fingerprint density at radius 3 is 2.27 bits per heavy atom. The number of benzene rings is 1. The molecule has 1 aromatic carbocycles. The van der Waals surface area contributed by atoms with Gasteiger partial charge in [-0.1, -0.05) is 37.6 Å². The first-order valence-electron chi connectivity index (χ1n) is 5.11. The van der Waals surface area contributed by atoms with Gasteiger partial charge in [-0.15, -0.1) is 0 Å². The van der Waals surface area contributed by atoms with Crippen LogP contribution in [0.5, 0.6) is 0 Å². The summed E-state index contributed by atoms with van der Waals surface area (Å²) in [5, 5.41) is 0.667. The Labute approximate surface area is 95.4 Å². The van der Waals surface area contributed by atoms with Crippen LogP contribution in [0.1, 0.15) is 19.4 Å². The molecule has 0 spiro atoms. The Morgan fingerprint density at radius 1 is 1.33 bits per heavy atom. The second-order valence-corrected chi connectivity index (χ2v) is 4.63. The Balaban J connectivity index is 2.79. The smallest absolute Gasteiger partial charge is 0.129 e. The molecule has 0 amide bonds. The number of halogens is 2. The summed E-state index contributed by atoms with van der Waals surface area (Å²) in [6.45, 7) is 3.75. The van der Waals surface area contributed by atoms with E-state index in [1.807, 2.05) is 26.0 Å². The van der Waals surface area contributed by atoms with E-state index >= 15 is 0 Å². The quantitative estimate of drug-likeness (QED) is 0.843. The summed E-state index contributed by atoms with van der Waals surface area (Å²) in [5.41, 5.74) is 5.09. The summed E-state index contributed by atoms with van der Waals surface area (Å²) in [5.74, 6) is -0.0850. The average Bonchev–Trinajstić information content (AvgIpc) is 2.21. The van der Waals surface area contributed by atoms with E-state index in [9.17, 15) is 4.39 Å². The van der Waals surface area contributed by atoms with Crippen molar-refractivity contribution in [2.45, 2.75) is 25.9 Å². The van der Waals surface area contributed by atoms with Gasteiger partial charge in [-0.2, -0.15) is 0 Å². The zero-order chi connectivity index (χ0) is 11.5. The minimum absolute atomic E-state index is 0.0489. The summed E-state index contributed by atoms with van der Waals surface area (Å²) in [7, 11) is 0. The summed E-state index contributed by atoms with van der Waals surface area (Å²) in [6.07, 6.45) is 0.346. The predicted octanol–water partition coefficient (Wildman–Crippen LogP) is 3.21. The monoisotopic (exact) mass is 229 g/mol. The Hall–Kier alpha value is -0.600. The Morgan fingerprint density at radius 2 is 1.87 bits per heavy atom. The fourth-order valence-electron chi connectivity index (χ4n) is 1.45. The highest BCUT2D eigenvalue weighted by Crippen LogP contribution is 2.26. The third-order valence-electron chi connectivity index (χ3n) is 2.79. The molecule has 1 unspecified atom stereocenters. The van der Waals surface area contributed by atoms with E-state index in [-0.39, 0.29) is 12.5 Å². The summed E-state index contributed by atoms with van der Waals surface area (Å²) in [6, 6.07) is 7.23. The van der Waals surface area contributed by atoms with E-state index in [1.54, 1.807) is 12.1 Å². The first-order valence-corrected chi connectivity index (χ1v) is 5.49. The Kier molecular flexibility index (Phi) is 4.12. The average molecular weight is 230 g/mol. The van der Waals surface area contributed by atoms with Gasteiger partial charge in [0.15, 0.2) is 0 Å². The number of alkyl halides is 1. The first kappa shape index (κ1) is 12.5. The number of hydrogen-bond acceptors (Lipinski definition) is 1. The summed E-state index contributed by atoms with van der Waals surface area (Å²) >= 11 is 5.76. The zero-order valence-corrected chi connectivity index (χ0v) is 9.89. The van der Waals surface area contributed by atoms with Crippen molar-refractivity contribution in [3.05, 3.63) is 34.9 Å². The van der Waals surface area contributed by atoms with Crippen molar-refractivity contribution >= 4 is 11.6 Å². The molecule has 1 atom stereocenters. The van der Waals surface area contributed by atoms with Crippen molar-refractivity contribution in [1.82, 2.24) is 0 Å². The van der Waals surface area contributed by atoms with Crippen LogP contribution in [0.3, 0.4) is 0 Å². The molecule has 0 bridgehead atoms. The largest absolute Gasteiger partial charge is 0.328 e. The summed E-state index contributed by atoms with van der Waals surface area (Å²) in [4.78, 5) is 0. The van der Waals surface area contributed by atoms with Gasteiger partial charge >= 0.3 is 0 Å². The van der Waals surface area contributed by atoms with Gasteiger partial charge in [-0.25, -0.2) is 4.39 Å². The van der Waals surface area contributed by atoms with Crippen molar-refractivity contribution in [1.29, 1.82) is 0 Å². The van der Waals surface area contributed by atoms with Crippen LogP contribution in [0, 0.1) is 5.92 Å². The third-order valence-corrected chi connectivity index (χ3v) is 3.04. The van der Waals surface area contributed by atoms with E-state index in [4.69, 9.17) is 17.3 Å². The lowest BCUT2D eigenvalue weighted by Crippen LogP contribution is -2.40. The highest BCUT2D eigenvalue weighted by atomic mass is 35.5. The van der Waals surface area contributed by atoms with Crippen LogP contribution in [0.15, 0.2) is 24.3 Å².